The van der Waals surface area contributed by atoms with Crippen molar-refractivity contribution in [2.24, 2.45) is 5.41 Å². The van der Waals surface area contributed by atoms with Gasteiger partial charge in [-0.2, -0.15) is 0 Å². The molecule has 1 fully saturated rings. The molecule has 118 valence electrons. The van der Waals surface area contributed by atoms with Crippen LogP contribution >= 0.6 is 15.9 Å². The predicted octanol–water partition coefficient (Wildman–Crippen LogP) is 2.94. The summed E-state index contributed by atoms with van der Waals surface area (Å²) in [6, 6.07) is 2.58. The van der Waals surface area contributed by atoms with Crippen molar-refractivity contribution in [1.29, 1.82) is 0 Å². The van der Waals surface area contributed by atoms with E-state index in [9.17, 15) is 12.8 Å². The number of benzene rings is 1. The molecule has 0 spiro atoms. The van der Waals surface area contributed by atoms with Crippen LogP contribution in [0.3, 0.4) is 0 Å². The summed E-state index contributed by atoms with van der Waals surface area (Å²) in [5.41, 5.74) is -0.105. The van der Waals surface area contributed by atoms with Gasteiger partial charge in [-0.05, 0) is 30.4 Å². The molecule has 0 unspecified atom stereocenters. The summed E-state index contributed by atoms with van der Waals surface area (Å²) in [5, 5.41) is 9.10. The van der Waals surface area contributed by atoms with Gasteiger partial charge in [-0.25, -0.2) is 17.5 Å². The molecule has 1 aromatic rings. The highest BCUT2D eigenvalue weighted by atomic mass is 79.9. The summed E-state index contributed by atoms with van der Waals surface area (Å²) in [6.45, 7) is 1.79. The second-order valence-corrected chi connectivity index (χ2v) is 8.53. The van der Waals surface area contributed by atoms with Crippen LogP contribution < -0.4 is 4.72 Å². The molecular formula is C14H19BrFNO3S. The highest BCUT2D eigenvalue weighted by molar-refractivity contribution is 9.10. The second-order valence-electron chi connectivity index (χ2n) is 5.88. The highest BCUT2D eigenvalue weighted by Gasteiger charge is 2.31. The van der Waals surface area contributed by atoms with E-state index in [1.807, 2.05) is 6.92 Å². The average molecular weight is 380 g/mol. The van der Waals surface area contributed by atoms with Crippen LogP contribution in [0.25, 0.3) is 0 Å². The summed E-state index contributed by atoms with van der Waals surface area (Å²) >= 11 is 3.14. The SMILES string of the molecule is CC1(CNS(=O)(=O)c2cc(Br)cc(CO)c2F)CCCC1. The molecule has 1 aliphatic carbocycles. The molecule has 0 atom stereocenters. The van der Waals surface area contributed by atoms with Crippen LogP contribution in [0.1, 0.15) is 38.2 Å². The van der Waals surface area contributed by atoms with Crippen molar-refractivity contribution in [3.05, 3.63) is 28.0 Å². The van der Waals surface area contributed by atoms with Crippen molar-refractivity contribution < 1.29 is 17.9 Å². The zero-order chi connectivity index (χ0) is 15.7. The van der Waals surface area contributed by atoms with Crippen LogP contribution in [0.2, 0.25) is 0 Å². The molecule has 7 heteroatoms. The van der Waals surface area contributed by atoms with Gasteiger partial charge in [0.15, 0.2) is 0 Å². The lowest BCUT2D eigenvalue weighted by Gasteiger charge is -2.23. The molecule has 4 nitrogen and oxygen atoms in total. The molecule has 2 rings (SSSR count). The first-order chi connectivity index (χ1) is 9.77. The fourth-order valence-electron chi connectivity index (χ4n) is 2.68. The molecule has 1 aliphatic rings. The van der Waals surface area contributed by atoms with Crippen molar-refractivity contribution in [2.75, 3.05) is 6.54 Å². The Balaban J connectivity index is 2.25. The van der Waals surface area contributed by atoms with Crippen LogP contribution in [0.5, 0.6) is 0 Å². The fourth-order valence-corrected chi connectivity index (χ4v) is 4.68. The first-order valence-electron chi connectivity index (χ1n) is 6.86. The van der Waals surface area contributed by atoms with Gasteiger partial charge in [-0.15, -0.1) is 0 Å². The standard InChI is InChI=1S/C14H19BrFNO3S/c1-14(4-2-3-5-14)9-17-21(19,20)12-7-11(15)6-10(8-18)13(12)16/h6-7,17-18H,2-5,8-9H2,1H3. The maximum atomic E-state index is 14.1. The normalized spacial score (nSPS) is 18.1. The first-order valence-corrected chi connectivity index (χ1v) is 9.13. The van der Waals surface area contributed by atoms with Gasteiger partial charge >= 0.3 is 0 Å². The van der Waals surface area contributed by atoms with Crippen molar-refractivity contribution >= 4 is 26.0 Å². The second kappa shape index (κ2) is 6.32. The predicted molar refractivity (Wildman–Crippen MR) is 81.8 cm³/mol. The Labute approximate surface area is 132 Å². The number of sulfonamides is 1. The Bertz CT molecular complexity index is 627. The molecule has 0 saturated heterocycles. The quantitative estimate of drug-likeness (QED) is 0.826. The lowest BCUT2D eigenvalue weighted by molar-refractivity contribution is 0.274. The third-order valence-corrected chi connectivity index (χ3v) is 5.90. The molecule has 0 radical (unpaired) electrons. The van der Waals surface area contributed by atoms with Crippen LogP contribution in [-0.2, 0) is 16.6 Å². The van der Waals surface area contributed by atoms with Gasteiger partial charge in [0.05, 0.1) is 6.61 Å². The zero-order valence-corrected chi connectivity index (χ0v) is 14.2. The van der Waals surface area contributed by atoms with E-state index in [1.165, 1.54) is 12.1 Å². The van der Waals surface area contributed by atoms with Gasteiger partial charge < -0.3 is 5.11 Å². The number of rotatable bonds is 5. The van der Waals surface area contributed by atoms with E-state index in [-0.39, 0.29) is 11.0 Å². The summed E-state index contributed by atoms with van der Waals surface area (Å²) in [5.74, 6) is -0.898. The molecule has 0 aliphatic heterocycles. The average Bonchev–Trinajstić information content (AvgIpc) is 2.86. The molecular weight excluding hydrogens is 361 g/mol. The Morgan fingerprint density at radius 1 is 1.38 bits per heavy atom. The van der Waals surface area contributed by atoms with Gasteiger partial charge in [0.1, 0.15) is 10.7 Å². The lowest BCUT2D eigenvalue weighted by atomic mass is 9.89. The summed E-state index contributed by atoms with van der Waals surface area (Å²) in [6.07, 6.45) is 4.13. The third-order valence-electron chi connectivity index (χ3n) is 4.04. The summed E-state index contributed by atoms with van der Waals surface area (Å²) in [7, 11) is -3.94. The topological polar surface area (TPSA) is 66.4 Å². The molecule has 0 aromatic heterocycles. The van der Waals surface area contributed by atoms with Crippen LogP contribution in [0.15, 0.2) is 21.5 Å². The molecule has 1 saturated carbocycles. The van der Waals surface area contributed by atoms with Crippen molar-refractivity contribution in [3.8, 4) is 0 Å². The zero-order valence-electron chi connectivity index (χ0n) is 11.8. The molecule has 2 N–H and O–H groups in total. The van der Waals surface area contributed by atoms with E-state index in [4.69, 9.17) is 5.11 Å². The van der Waals surface area contributed by atoms with Gasteiger partial charge in [-0.1, -0.05) is 35.7 Å². The minimum Gasteiger partial charge on any atom is -0.392 e. The van der Waals surface area contributed by atoms with Crippen LogP contribution in [-0.4, -0.2) is 20.1 Å². The molecule has 1 aromatic carbocycles. The molecule has 0 amide bonds. The van der Waals surface area contributed by atoms with Gasteiger partial charge in [0.2, 0.25) is 10.0 Å². The number of aliphatic hydroxyl groups is 1. The molecule has 21 heavy (non-hydrogen) atoms. The Hall–Kier alpha value is -0.500. The van der Waals surface area contributed by atoms with E-state index < -0.39 is 27.3 Å². The number of aliphatic hydroxyl groups excluding tert-OH is 1. The lowest BCUT2D eigenvalue weighted by Crippen LogP contribution is -2.34. The van der Waals surface area contributed by atoms with Crippen LogP contribution in [0, 0.1) is 11.2 Å². The monoisotopic (exact) mass is 379 g/mol. The van der Waals surface area contributed by atoms with Crippen LogP contribution in [0.4, 0.5) is 4.39 Å². The number of halogens is 2. The van der Waals surface area contributed by atoms with Crippen molar-refractivity contribution in [2.45, 2.75) is 44.1 Å². The summed E-state index contributed by atoms with van der Waals surface area (Å²) < 4.78 is 41.7. The third kappa shape index (κ3) is 3.83. The van der Waals surface area contributed by atoms with Crippen molar-refractivity contribution in [1.82, 2.24) is 4.72 Å². The van der Waals surface area contributed by atoms with Crippen molar-refractivity contribution in [3.63, 3.8) is 0 Å². The minimum absolute atomic E-state index is 0.0446. The number of hydrogen-bond donors (Lipinski definition) is 2. The van der Waals surface area contributed by atoms with Gasteiger partial charge in [0, 0.05) is 16.6 Å². The Morgan fingerprint density at radius 3 is 2.57 bits per heavy atom. The molecule has 0 bridgehead atoms. The van der Waals surface area contributed by atoms with E-state index in [2.05, 4.69) is 20.7 Å². The molecule has 0 heterocycles. The smallest absolute Gasteiger partial charge is 0.243 e. The summed E-state index contributed by atoms with van der Waals surface area (Å²) in [4.78, 5) is -0.428. The largest absolute Gasteiger partial charge is 0.392 e. The first kappa shape index (κ1) is 16.9. The van der Waals surface area contributed by atoms with E-state index in [1.54, 1.807) is 0 Å². The van der Waals surface area contributed by atoms with E-state index in [0.717, 1.165) is 25.7 Å². The maximum absolute atomic E-state index is 14.1. The highest BCUT2D eigenvalue weighted by Crippen LogP contribution is 2.37. The van der Waals surface area contributed by atoms with E-state index in [0.29, 0.717) is 11.0 Å². The maximum Gasteiger partial charge on any atom is 0.243 e. The Morgan fingerprint density at radius 2 is 2.00 bits per heavy atom. The number of nitrogens with one attached hydrogen (secondary N) is 1. The van der Waals surface area contributed by atoms with E-state index >= 15 is 0 Å². The van der Waals surface area contributed by atoms with Gasteiger partial charge in [-0.3, -0.25) is 0 Å². The Kier molecular flexibility index (Phi) is 5.07. The minimum atomic E-state index is -3.94. The fraction of sp³-hybridized carbons (Fsp3) is 0.571. The van der Waals surface area contributed by atoms with Gasteiger partial charge in [0.25, 0.3) is 0 Å². The number of hydrogen-bond acceptors (Lipinski definition) is 3.